The Labute approximate surface area is 107 Å². The molecule has 0 aliphatic carbocycles. The molecule has 0 saturated carbocycles. The Morgan fingerprint density at radius 3 is 2.72 bits per heavy atom. The molecule has 0 aromatic heterocycles. The van der Waals surface area contributed by atoms with E-state index in [0.717, 1.165) is 0 Å². The highest BCUT2D eigenvalue weighted by atomic mass is 32.2. The number of benzene rings is 1. The SMILES string of the molecule is COc1ccc(CS(=O)CC(C)C(=O)O)c(F)c1. The smallest absolute Gasteiger partial charge is 0.307 e. The molecule has 2 atom stereocenters. The predicted octanol–water partition coefficient (Wildman–Crippen LogP) is 1.80. The van der Waals surface area contributed by atoms with E-state index in [1.54, 1.807) is 6.07 Å². The Bertz CT molecular complexity index is 461. The van der Waals surface area contributed by atoms with Crippen LogP contribution >= 0.6 is 0 Å². The van der Waals surface area contributed by atoms with Gasteiger partial charge in [-0.1, -0.05) is 13.0 Å². The first-order chi connectivity index (χ1) is 8.43. The van der Waals surface area contributed by atoms with E-state index in [2.05, 4.69) is 0 Å². The molecule has 0 saturated heterocycles. The van der Waals surface area contributed by atoms with E-state index in [4.69, 9.17) is 9.84 Å². The second-order valence-corrected chi connectivity index (χ2v) is 5.45. The molecule has 1 aromatic carbocycles. The second kappa shape index (κ2) is 6.49. The Morgan fingerprint density at radius 2 is 2.22 bits per heavy atom. The number of carboxylic acid groups (broad SMARTS) is 1. The van der Waals surface area contributed by atoms with Crippen molar-refractivity contribution in [1.29, 1.82) is 0 Å². The normalized spacial score (nSPS) is 13.9. The van der Waals surface area contributed by atoms with Crippen LogP contribution in [0.5, 0.6) is 5.75 Å². The van der Waals surface area contributed by atoms with Gasteiger partial charge in [0.25, 0.3) is 0 Å². The van der Waals surface area contributed by atoms with Crippen LogP contribution in [0.2, 0.25) is 0 Å². The van der Waals surface area contributed by atoms with Gasteiger partial charge in [-0.15, -0.1) is 0 Å². The number of carbonyl (C=O) groups is 1. The maximum absolute atomic E-state index is 13.6. The van der Waals surface area contributed by atoms with Crippen molar-refractivity contribution in [1.82, 2.24) is 0 Å². The Morgan fingerprint density at radius 1 is 1.56 bits per heavy atom. The molecular formula is C12H15FO4S. The van der Waals surface area contributed by atoms with Gasteiger partial charge in [0.2, 0.25) is 0 Å². The van der Waals surface area contributed by atoms with Crippen molar-refractivity contribution in [3.05, 3.63) is 29.6 Å². The summed E-state index contributed by atoms with van der Waals surface area (Å²) in [6, 6.07) is 4.29. The van der Waals surface area contributed by atoms with Crippen LogP contribution in [0, 0.1) is 11.7 Å². The first-order valence-electron chi connectivity index (χ1n) is 5.34. The van der Waals surface area contributed by atoms with Crippen molar-refractivity contribution in [2.45, 2.75) is 12.7 Å². The Balaban J connectivity index is 2.67. The second-order valence-electron chi connectivity index (χ2n) is 3.95. The van der Waals surface area contributed by atoms with Crippen molar-refractivity contribution >= 4 is 16.8 Å². The molecule has 0 aliphatic heterocycles. The van der Waals surface area contributed by atoms with Gasteiger partial charge in [0.15, 0.2) is 0 Å². The van der Waals surface area contributed by atoms with Crippen LogP contribution in [0.4, 0.5) is 4.39 Å². The van der Waals surface area contributed by atoms with E-state index in [0.29, 0.717) is 11.3 Å². The van der Waals surface area contributed by atoms with Crippen LogP contribution in [0.3, 0.4) is 0 Å². The molecule has 0 fully saturated rings. The number of aliphatic carboxylic acids is 1. The molecule has 0 bridgehead atoms. The predicted molar refractivity (Wildman–Crippen MR) is 66.5 cm³/mol. The van der Waals surface area contributed by atoms with Crippen LogP contribution in [0.25, 0.3) is 0 Å². The highest BCUT2D eigenvalue weighted by molar-refractivity contribution is 7.84. The van der Waals surface area contributed by atoms with Crippen molar-refractivity contribution < 1.29 is 23.2 Å². The number of ether oxygens (including phenoxy) is 1. The van der Waals surface area contributed by atoms with Gasteiger partial charge >= 0.3 is 5.97 Å². The summed E-state index contributed by atoms with van der Waals surface area (Å²) in [7, 11) is 0.0295. The van der Waals surface area contributed by atoms with Crippen molar-refractivity contribution in [2.24, 2.45) is 5.92 Å². The van der Waals surface area contributed by atoms with Gasteiger partial charge in [-0.3, -0.25) is 9.00 Å². The minimum atomic E-state index is -1.40. The lowest BCUT2D eigenvalue weighted by atomic mass is 10.2. The van der Waals surface area contributed by atoms with Crippen LogP contribution in [0.15, 0.2) is 18.2 Å². The summed E-state index contributed by atoms with van der Waals surface area (Å²) in [6.07, 6.45) is 0. The zero-order chi connectivity index (χ0) is 13.7. The lowest BCUT2D eigenvalue weighted by molar-refractivity contribution is -0.140. The van der Waals surface area contributed by atoms with E-state index in [1.165, 1.54) is 26.2 Å². The number of hydrogen-bond acceptors (Lipinski definition) is 3. The highest BCUT2D eigenvalue weighted by Gasteiger charge is 2.16. The fraction of sp³-hybridized carbons (Fsp3) is 0.417. The number of methoxy groups -OCH3 is 1. The Kier molecular flexibility index (Phi) is 5.27. The highest BCUT2D eigenvalue weighted by Crippen LogP contribution is 2.18. The average molecular weight is 274 g/mol. The molecule has 1 aromatic rings. The first kappa shape index (κ1) is 14.6. The fourth-order valence-corrected chi connectivity index (χ4v) is 2.75. The lowest BCUT2D eigenvalue weighted by Gasteiger charge is -2.08. The first-order valence-corrected chi connectivity index (χ1v) is 6.83. The third-order valence-corrected chi connectivity index (χ3v) is 3.94. The maximum atomic E-state index is 13.6. The summed E-state index contributed by atoms with van der Waals surface area (Å²) in [5.74, 6) is -1.79. The van der Waals surface area contributed by atoms with Crippen LogP contribution in [-0.4, -0.2) is 28.1 Å². The van der Waals surface area contributed by atoms with Crippen LogP contribution < -0.4 is 4.74 Å². The molecule has 1 N–H and O–H groups in total. The zero-order valence-corrected chi connectivity index (χ0v) is 11.0. The summed E-state index contributed by atoms with van der Waals surface area (Å²) in [5.41, 5.74) is 0.298. The minimum Gasteiger partial charge on any atom is -0.497 e. The van der Waals surface area contributed by atoms with Crippen LogP contribution in [0.1, 0.15) is 12.5 Å². The molecule has 1 rings (SSSR count). The van der Waals surface area contributed by atoms with Gasteiger partial charge < -0.3 is 9.84 Å². The molecule has 2 unspecified atom stereocenters. The summed E-state index contributed by atoms with van der Waals surface area (Å²) >= 11 is 0. The van der Waals surface area contributed by atoms with Crippen molar-refractivity contribution in [3.63, 3.8) is 0 Å². The summed E-state index contributed by atoms with van der Waals surface area (Å²) in [6.45, 7) is 1.48. The third-order valence-electron chi connectivity index (χ3n) is 2.43. The van der Waals surface area contributed by atoms with E-state index in [-0.39, 0.29) is 11.5 Å². The molecule has 100 valence electrons. The molecule has 0 heterocycles. The van der Waals surface area contributed by atoms with Crippen molar-refractivity contribution in [3.8, 4) is 5.75 Å². The van der Waals surface area contributed by atoms with Gasteiger partial charge in [-0.25, -0.2) is 4.39 Å². The number of hydrogen-bond donors (Lipinski definition) is 1. The minimum absolute atomic E-state index is 0.00739. The molecule has 0 radical (unpaired) electrons. The fourth-order valence-electron chi connectivity index (χ4n) is 1.35. The molecule has 0 spiro atoms. The lowest BCUT2D eigenvalue weighted by Crippen LogP contribution is -2.18. The summed E-state index contributed by atoms with van der Waals surface area (Å²) in [5, 5.41) is 8.69. The third kappa shape index (κ3) is 4.10. The maximum Gasteiger partial charge on any atom is 0.307 e. The number of halogens is 1. The van der Waals surface area contributed by atoms with Crippen LogP contribution in [-0.2, 0) is 21.3 Å². The number of carboxylic acids is 1. The van der Waals surface area contributed by atoms with Crippen molar-refractivity contribution in [2.75, 3.05) is 12.9 Å². The molecular weight excluding hydrogens is 259 g/mol. The topological polar surface area (TPSA) is 63.6 Å². The largest absolute Gasteiger partial charge is 0.497 e. The quantitative estimate of drug-likeness (QED) is 0.859. The molecule has 0 amide bonds. The van der Waals surface area contributed by atoms with Gasteiger partial charge in [0.05, 0.1) is 18.8 Å². The summed E-state index contributed by atoms with van der Waals surface area (Å²) < 4.78 is 30.1. The van der Waals surface area contributed by atoms with Gasteiger partial charge in [0.1, 0.15) is 11.6 Å². The van der Waals surface area contributed by atoms with Gasteiger partial charge in [0, 0.05) is 28.2 Å². The van der Waals surface area contributed by atoms with E-state index >= 15 is 0 Å². The molecule has 0 aliphatic rings. The molecule has 6 heteroatoms. The van der Waals surface area contributed by atoms with E-state index in [9.17, 15) is 13.4 Å². The van der Waals surface area contributed by atoms with E-state index in [1.807, 2.05) is 0 Å². The van der Waals surface area contributed by atoms with Gasteiger partial charge in [-0.2, -0.15) is 0 Å². The average Bonchev–Trinajstić information content (AvgIpc) is 2.31. The zero-order valence-electron chi connectivity index (χ0n) is 10.2. The molecule has 4 nitrogen and oxygen atoms in total. The standard InChI is InChI=1S/C12H15FO4S/c1-8(12(14)15)6-18(16)7-9-3-4-10(17-2)5-11(9)13/h3-5,8H,6-7H2,1-2H3,(H,14,15). The van der Waals surface area contributed by atoms with Gasteiger partial charge in [-0.05, 0) is 6.07 Å². The Hall–Kier alpha value is -1.43. The summed E-state index contributed by atoms with van der Waals surface area (Å²) in [4.78, 5) is 10.6. The molecule has 18 heavy (non-hydrogen) atoms. The van der Waals surface area contributed by atoms with E-state index < -0.39 is 28.5 Å². The monoisotopic (exact) mass is 274 g/mol. The number of rotatable bonds is 6.